The molecule has 0 saturated carbocycles. The summed E-state index contributed by atoms with van der Waals surface area (Å²) < 4.78 is 12.7. The average molecular weight is 666 g/mol. The predicted octanol–water partition coefficient (Wildman–Crippen LogP) is 13.7. The molecule has 0 saturated heterocycles. The van der Waals surface area contributed by atoms with Crippen LogP contribution in [-0.2, 0) is 0 Å². The number of aromatic nitrogens is 1. The van der Waals surface area contributed by atoms with E-state index in [4.69, 9.17) is 13.8 Å². The molecule has 0 bridgehead atoms. The minimum Gasteiger partial charge on any atom is -0.456 e. The van der Waals surface area contributed by atoms with Crippen molar-refractivity contribution in [2.24, 2.45) is 0 Å². The van der Waals surface area contributed by atoms with Crippen LogP contribution in [0.2, 0.25) is 0 Å². The maximum Gasteiger partial charge on any atom is 0.227 e. The minimum absolute atomic E-state index is 0.591. The van der Waals surface area contributed by atoms with Gasteiger partial charge in [0.2, 0.25) is 5.89 Å². The number of nitrogens with zero attached hydrogens (tertiary/aromatic N) is 1. The van der Waals surface area contributed by atoms with Gasteiger partial charge in [-0.1, -0.05) is 133 Å². The van der Waals surface area contributed by atoms with Gasteiger partial charge in [0.1, 0.15) is 16.7 Å². The van der Waals surface area contributed by atoms with Gasteiger partial charge in [-0.25, -0.2) is 4.98 Å². The Bertz CT molecular complexity index is 2880. The van der Waals surface area contributed by atoms with Crippen LogP contribution in [0.3, 0.4) is 0 Å². The third-order valence-electron chi connectivity index (χ3n) is 9.92. The molecule has 0 aliphatic heterocycles. The molecule has 2 heterocycles. The molecule has 0 aliphatic carbocycles. The maximum atomic E-state index is 6.63. The summed E-state index contributed by atoms with van der Waals surface area (Å²) in [5, 5.41) is 2.24. The topological polar surface area (TPSA) is 39.2 Å². The summed E-state index contributed by atoms with van der Waals surface area (Å²) in [6.07, 6.45) is 0. The van der Waals surface area contributed by atoms with Crippen molar-refractivity contribution in [2.75, 3.05) is 0 Å². The van der Waals surface area contributed by atoms with Crippen LogP contribution in [0.4, 0.5) is 0 Å². The van der Waals surface area contributed by atoms with E-state index in [1.54, 1.807) is 0 Å². The summed E-state index contributed by atoms with van der Waals surface area (Å²) >= 11 is 0. The molecule has 3 heteroatoms. The van der Waals surface area contributed by atoms with Gasteiger partial charge in [-0.15, -0.1) is 0 Å². The predicted molar refractivity (Wildman–Crippen MR) is 214 cm³/mol. The van der Waals surface area contributed by atoms with E-state index in [0.717, 1.165) is 77.5 Å². The number of oxazole rings is 1. The molecular formula is C49H31NO2. The Hall–Kier alpha value is -6.97. The van der Waals surface area contributed by atoms with Crippen molar-refractivity contribution in [2.45, 2.75) is 0 Å². The van der Waals surface area contributed by atoms with Crippen LogP contribution in [0.5, 0.6) is 0 Å². The van der Waals surface area contributed by atoms with E-state index in [1.165, 1.54) is 16.7 Å². The van der Waals surface area contributed by atoms with Crippen molar-refractivity contribution in [1.82, 2.24) is 4.98 Å². The normalized spacial score (nSPS) is 11.5. The molecule has 0 atom stereocenters. The maximum absolute atomic E-state index is 6.63. The first-order valence-electron chi connectivity index (χ1n) is 17.5. The average Bonchev–Trinajstić information content (AvgIpc) is 3.83. The summed E-state index contributed by atoms with van der Waals surface area (Å²) in [5.74, 6) is 0.591. The Kier molecular flexibility index (Phi) is 7.14. The van der Waals surface area contributed by atoms with E-state index in [0.29, 0.717) is 5.89 Å². The quantitative estimate of drug-likeness (QED) is 0.177. The number of hydrogen-bond donors (Lipinski definition) is 0. The van der Waals surface area contributed by atoms with E-state index in [9.17, 15) is 0 Å². The van der Waals surface area contributed by atoms with Crippen LogP contribution < -0.4 is 0 Å². The number of hydrogen-bond acceptors (Lipinski definition) is 3. The molecule has 10 rings (SSSR count). The van der Waals surface area contributed by atoms with Gasteiger partial charge in [0.25, 0.3) is 0 Å². The number of fused-ring (bicyclic) bond motifs is 4. The molecule has 0 N–H and O–H groups in total. The van der Waals surface area contributed by atoms with Crippen molar-refractivity contribution in [3.05, 3.63) is 188 Å². The highest BCUT2D eigenvalue weighted by molar-refractivity contribution is 6.06. The zero-order valence-corrected chi connectivity index (χ0v) is 28.2. The zero-order chi connectivity index (χ0) is 34.4. The van der Waals surface area contributed by atoms with E-state index in [2.05, 4.69) is 164 Å². The number of para-hydroxylation sites is 1. The molecular weight excluding hydrogens is 635 g/mol. The molecule has 10 aromatic rings. The SMILES string of the molecule is c1ccc(-c2cccc(-c3cc(-c4cccc(-c5ccccc5)c4)c4nc(-c5ccc(-c6ccc7oc8ccccc8c7c6)cc5)oc4c3)c2)cc1. The van der Waals surface area contributed by atoms with Crippen LogP contribution in [0, 0.1) is 0 Å². The largest absolute Gasteiger partial charge is 0.456 e. The third kappa shape index (κ3) is 5.37. The first-order chi connectivity index (χ1) is 25.7. The van der Waals surface area contributed by atoms with Crippen LogP contribution in [0.25, 0.3) is 100 Å². The lowest BCUT2D eigenvalue weighted by molar-refractivity contribution is 0.620. The Morgan fingerprint density at radius 3 is 1.54 bits per heavy atom. The molecule has 0 spiro atoms. The van der Waals surface area contributed by atoms with Gasteiger partial charge in [0.05, 0.1) is 0 Å². The van der Waals surface area contributed by atoms with Crippen molar-refractivity contribution >= 4 is 33.0 Å². The van der Waals surface area contributed by atoms with Gasteiger partial charge >= 0.3 is 0 Å². The second kappa shape index (κ2) is 12.4. The fraction of sp³-hybridized carbons (Fsp3) is 0. The lowest BCUT2D eigenvalue weighted by atomic mass is 9.94. The van der Waals surface area contributed by atoms with Crippen molar-refractivity contribution in [1.29, 1.82) is 0 Å². The Balaban J connectivity index is 1.08. The highest BCUT2D eigenvalue weighted by atomic mass is 16.3. The van der Waals surface area contributed by atoms with Gasteiger partial charge in [0, 0.05) is 21.9 Å². The summed E-state index contributed by atoms with van der Waals surface area (Å²) in [4.78, 5) is 5.15. The van der Waals surface area contributed by atoms with Crippen molar-refractivity contribution in [3.63, 3.8) is 0 Å². The van der Waals surface area contributed by atoms with E-state index in [1.807, 2.05) is 24.3 Å². The number of rotatable bonds is 6. The van der Waals surface area contributed by atoms with Crippen molar-refractivity contribution < 1.29 is 8.83 Å². The lowest BCUT2D eigenvalue weighted by Crippen LogP contribution is -1.87. The highest BCUT2D eigenvalue weighted by Gasteiger charge is 2.17. The van der Waals surface area contributed by atoms with Crippen LogP contribution in [0.15, 0.2) is 197 Å². The smallest absolute Gasteiger partial charge is 0.227 e. The Morgan fingerprint density at radius 2 is 0.808 bits per heavy atom. The zero-order valence-electron chi connectivity index (χ0n) is 28.2. The monoisotopic (exact) mass is 665 g/mol. The molecule has 0 unspecified atom stereocenters. The van der Waals surface area contributed by atoms with Crippen molar-refractivity contribution in [3.8, 4) is 67.1 Å². The second-order valence-electron chi connectivity index (χ2n) is 13.2. The standard InChI is InChI=1S/C49H31NO2/c1-3-11-32(12-4-1)36-15-9-17-38(27-36)41-30-43(40-18-10-16-37(28-40)33-13-5-2-6-14-33)48-47(31-41)52-49(50-48)35-23-21-34(22-24-35)39-25-26-46-44(29-39)42-19-7-8-20-45(42)51-46/h1-31H. The van der Waals surface area contributed by atoms with Gasteiger partial charge in [-0.3, -0.25) is 0 Å². The summed E-state index contributed by atoms with van der Waals surface area (Å²) in [7, 11) is 0. The molecule has 0 aliphatic rings. The molecule has 2 aromatic heterocycles. The summed E-state index contributed by atoms with van der Waals surface area (Å²) in [6, 6.07) is 65.8. The van der Waals surface area contributed by atoms with Crippen LogP contribution in [0.1, 0.15) is 0 Å². The molecule has 0 radical (unpaired) electrons. The fourth-order valence-corrected chi connectivity index (χ4v) is 7.26. The third-order valence-corrected chi connectivity index (χ3v) is 9.92. The van der Waals surface area contributed by atoms with Gasteiger partial charge in [-0.05, 0) is 105 Å². The van der Waals surface area contributed by atoms with E-state index < -0.39 is 0 Å². The first-order valence-corrected chi connectivity index (χ1v) is 17.5. The molecule has 8 aromatic carbocycles. The van der Waals surface area contributed by atoms with E-state index >= 15 is 0 Å². The number of furan rings is 1. The fourth-order valence-electron chi connectivity index (χ4n) is 7.26. The van der Waals surface area contributed by atoms with Gasteiger partial charge in [-0.2, -0.15) is 0 Å². The number of benzene rings is 8. The van der Waals surface area contributed by atoms with Gasteiger partial charge in [0.15, 0.2) is 5.58 Å². The Labute approximate surface area is 301 Å². The second-order valence-corrected chi connectivity index (χ2v) is 13.2. The molecule has 0 amide bonds. The van der Waals surface area contributed by atoms with E-state index in [-0.39, 0.29) is 0 Å². The molecule has 0 fully saturated rings. The molecule has 244 valence electrons. The molecule has 3 nitrogen and oxygen atoms in total. The van der Waals surface area contributed by atoms with Crippen LogP contribution >= 0.6 is 0 Å². The summed E-state index contributed by atoms with van der Waals surface area (Å²) in [5.41, 5.74) is 15.5. The molecule has 52 heavy (non-hydrogen) atoms. The first kappa shape index (κ1) is 29.9. The van der Waals surface area contributed by atoms with Gasteiger partial charge < -0.3 is 8.83 Å². The Morgan fingerprint density at radius 1 is 0.288 bits per heavy atom. The lowest BCUT2D eigenvalue weighted by Gasteiger charge is -2.10. The minimum atomic E-state index is 0.591. The van der Waals surface area contributed by atoms with Crippen LogP contribution in [-0.4, -0.2) is 4.98 Å². The summed E-state index contributed by atoms with van der Waals surface area (Å²) in [6.45, 7) is 0. The highest BCUT2D eigenvalue weighted by Crippen LogP contribution is 2.39.